The summed E-state index contributed by atoms with van der Waals surface area (Å²) in [5, 5.41) is 38.9. The molecule has 2 aromatic carbocycles. The van der Waals surface area contributed by atoms with Gasteiger partial charge in [0.25, 0.3) is 0 Å². The molecule has 0 radical (unpaired) electrons. The molecular weight excluding hydrogens is 236 g/mol. The van der Waals surface area contributed by atoms with Crippen LogP contribution in [0.5, 0.6) is 23.0 Å². The first kappa shape index (κ1) is 10.5. The van der Waals surface area contributed by atoms with Gasteiger partial charge < -0.3 is 20.4 Å². The summed E-state index contributed by atoms with van der Waals surface area (Å²) in [5.74, 6) is -0.564. The van der Waals surface area contributed by atoms with Crippen LogP contribution < -0.4 is 0 Å². The number of benzene rings is 2. The monoisotopic (exact) mass is 245 g/mol. The first-order valence-electron chi connectivity index (χ1n) is 5.19. The van der Waals surface area contributed by atoms with Crippen molar-refractivity contribution < 1.29 is 24.8 Å². The van der Waals surface area contributed by atoms with Gasteiger partial charge in [-0.1, -0.05) is 0 Å². The molecule has 0 spiro atoms. The van der Waals surface area contributed by atoms with Crippen LogP contribution in [0.2, 0.25) is 0 Å². The van der Waals surface area contributed by atoms with Crippen LogP contribution in [0.4, 0.5) is 0 Å². The molecule has 3 aromatic rings. The zero-order valence-corrected chi connectivity index (χ0v) is 9.08. The minimum atomic E-state index is -0.150. The Morgan fingerprint density at radius 1 is 0.611 bits per heavy atom. The topological polar surface area (TPSA) is 92.2 Å². The highest BCUT2D eigenvalue weighted by Crippen LogP contribution is 2.37. The quantitative estimate of drug-likeness (QED) is 0.361. The summed E-state index contributed by atoms with van der Waals surface area (Å²) in [4.78, 5) is 0. The highest BCUT2D eigenvalue weighted by molar-refractivity contribution is 5.96. The lowest BCUT2D eigenvalue weighted by molar-refractivity contribution is 0.451. The smallest absolute Gasteiger partial charge is 0.368 e. The Labute approximate surface area is 101 Å². The van der Waals surface area contributed by atoms with Crippen LogP contribution >= 0.6 is 0 Å². The number of aromatic hydroxyl groups is 4. The summed E-state index contributed by atoms with van der Waals surface area (Å²) in [6.07, 6.45) is 0. The van der Waals surface area contributed by atoms with E-state index in [0.717, 1.165) is 0 Å². The van der Waals surface area contributed by atoms with Gasteiger partial charge in [-0.2, -0.15) is 0 Å². The molecule has 0 saturated carbocycles. The Kier molecular flexibility index (Phi) is 1.98. The molecular formula is C13H9O5+. The Bertz CT molecular complexity index is 716. The maximum Gasteiger partial charge on any atom is 0.368 e. The summed E-state index contributed by atoms with van der Waals surface area (Å²) in [6, 6.07) is 6.57. The molecule has 90 valence electrons. The molecule has 0 aliphatic heterocycles. The fourth-order valence-corrected chi connectivity index (χ4v) is 1.92. The van der Waals surface area contributed by atoms with Gasteiger partial charge in [-0.3, -0.25) is 0 Å². The summed E-state index contributed by atoms with van der Waals surface area (Å²) in [6.45, 7) is 0. The molecule has 18 heavy (non-hydrogen) atoms. The molecule has 0 amide bonds. The second kappa shape index (κ2) is 3.40. The van der Waals surface area contributed by atoms with E-state index in [-0.39, 0.29) is 34.2 Å². The van der Waals surface area contributed by atoms with Gasteiger partial charge in [-0.05, 0) is 6.07 Å². The minimum Gasteiger partial charge on any atom is -0.507 e. The number of phenols is 4. The Morgan fingerprint density at radius 2 is 1.06 bits per heavy atom. The third-order valence-corrected chi connectivity index (χ3v) is 2.72. The fraction of sp³-hybridized carbons (Fsp3) is 0. The molecule has 0 unspecified atom stereocenters. The van der Waals surface area contributed by atoms with E-state index in [1.807, 2.05) is 0 Å². The molecule has 5 heteroatoms. The maximum absolute atomic E-state index is 9.71. The van der Waals surface area contributed by atoms with Crippen LogP contribution in [0.15, 0.2) is 34.7 Å². The summed E-state index contributed by atoms with van der Waals surface area (Å²) < 4.78 is 5.43. The number of fused-ring (bicyclic) bond motifs is 2. The van der Waals surface area contributed by atoms with Crippen LogP contribution in [0.3, 0.4) is 0 Å². The minimum absolute atomic E-state index is 0.132. The van der Waals surface area contributed by atoms with Gasteiger partial charge >= 0.3 is 11.2 Å². The van der Waals surface area contributed by atoms with Crippen molar-refractivity contribution in [2.45, 2.75) is 0 Å². The van der Waals surface area contributed by atoms with Crippen LogP contribution in [-0.2, 0) is 0 Å². The van der Waals surface area contributed by atoms with E-state index < -0.39 is 0 Å². The first-order valence-corrected chi connectivity index (χ1v) is 5.19. The number of phenolic OH excluding ortho intramolecular Hbond substituents is 4. The predicted octanol–water partition coefficient (Wildman–Crippen LogP) is 2.69. The number of hydrogen-bond acceptors (Lipinski definition) is 4. The number of hydrogen-bond donors (Lipinski definition) is 4. The summed E-state index contributed by atoms with van der Waals surface area (Å²) in [5.41, 5.74) is 0.509. The average Bonchev–Trinajstić information content (AvgIpc) is 2.26. The molecule has 5 nitrogen and oxygen atoms in total. The van der Waals surface area contributed by atoms with E-state index in [0.29, 0.717) is 10.8 Å². The molecule has 1 aromatic heterocycles. The predicted molar refractivity (Wildman–Crippen MR) is 64.8 cm³/mol. The SMILES string of the molecule is Oc1cc(O)c2cc3c(O)cc(O)cc3[o+]c2c1. The lowest BCUT2D eigenvalue weighted by Crippen LogP contribution is -1.79. The molecule has 0 atom stereocenters. The van der Waals surface area contributed by atoms with Crippen LogP contribution in [-0.4, -0.2) is 20.4 Å². The molecule has 4 N–H and O–H groups in total. The van der Waals surface area contributed by atoms with Gasteiger partial charge in [0.2, 0.25) is 0 Å². The van der Waals surface area contributed by atoms with Crippen molar-refractivity contribution in [2.75, 3.05) is 0 Å². The maximum atomic E-state index is 9.71. The normalized spacial score (nSPS) is 11.1. The van der Waals surface area contributed by atoms with E-state index in [2.05, 4.69) is 0 Å². The Morgan fingerprint density at radius 3 is 1.50 bits per heavy atom. The van der Waals surface area contributed by atoms with Crippen molar-refractivity contribution in [3.05, 3.63) is 30.3 Å². The van der Waals surface area contributed by atoms with Crippen LogP contribution in [0.25, 0.3) is 21.9 Å². The van der Waals surface area contributed by atoms with Crippen molar-refractivity contribution in [3.8, 4) is 23.0 Å². The van der Waals surface area contributed by atoms with Gasteiger partial charge in [0, 0.05) is 12.1 Å². The van der Waals surface area contributed by atoms with E-state index >= 15 is 0 Å². The molecule has 3 rings (SSSR count). The van der Waals surface area contributed by atoms with E-state index in [1.54, 1.807) is 0 Å². The van der Waals surface area contributed by atoms with E-state index in [9.17, 15) is 20.4 Å². The summed E-state index contributed by atoms with van der Waals surface area (Å²) >= 11 is 0. The van der Waals surface area contributed by atoms with Crippen molar-refractivity contribution in [1.82, 2.24) is 0 Å². The second-order valence-corrected chi connectivity index (χ2v) is 4.00. The highest BCUT2D eigenvalue weighted by atomic mass is 16.3. The lowest BCUT2D eigenvalue weighted by Gasteiger charge is -1.99. The van der Waals surface area contributed by atoms with Gasteiger partial charge in [-0.25, -0.2) is 4.42 Å². The highest BCUT2D eigenvalue weighted by Gasteiger charge is 2.19. The zero-order valence-electron chi connectivity index (χ0n) is 9.08. The third-order valence-electron chi connectivity index (χ3n) is 2.72. The largest absolute Gasteiger partial charge is 0.507 e. The fourth-order valence-electron chi connectivity index (χ4n) is 1.92. The molecule has 1 heterocycles. The van der Waals surface area contributed by atoms with Gasteiger partial charge in [0.1, 0.15) is 33.8 Å². The van der Waals surface area contributed by atoms with Gasteiger partial charge in [0.15, 0.2) is 0 Å². The Hall–Kier alpha value is -2.69. The van der Waals surface area contributed by atoms with Gasteiger partial charge in [0.05, 0.1) is 12.1 Å². The summed E-state index contributed by atoms with van der Waals surface area (Å²) in [7, 11) is 0. The van der Waals surface area contributed by atoms with Crippen molar-refractivity contribution in [1.29, 1.82) is 0 Å². The molecule has 0 aliphatic rings. The number of rotatable bonds is 0. The third kappa shape index (κ3) is 1.45. The van der Waals surface area contributed by atoms with E-state index in [4.69, 9.17) is 4.42 Å². The average molecular weight is 245 g/mol. The molecule has 0 saturated heterocycles. The Balaban J connectivity index is 2.51. The lowest BCUT2D eigenvalue weighted by atomic mass is 10.1. The van der Waals surface area contributed by atoms with E-state index in [1.165, 1.54) is 30.3 Å². The van der Waals surface area contributed by atoms with Gasteiger partial charge in [-0.15, -0.1) is 0 Å². The molecule has 0 aliphatic carbocycles. The van der Waals surface area contributed by atoms with Crippen molar-refractivity contribution in [2.24, 2.45) is 0 Å². The van der Waals surface area contributed by atoms with Crippen molar-refractivity contribution in [3.63, 3.8) is 0 Å². The van der Waals surface area contributed by atoms with Crippen LogP contribution in [0.1, 0.15) is 0 Å². The standard InChI is InChI=1S/C13H8O5/c14-6-1-10(16)8-5-9-11(17)2-7(15)4-13(9)18-12(8)3-6/h1-5H,(H3-,14,15,16,17)/p+1. The van der Waals surface area contributed by atoms with Crippen molar-refractivity contribution >= 4 is 21.9 Å². The molecule has 0 bridgehead atoms. The zero-order chi connectivity index (χ0) is 12.9. The molecule has 0 fully saturated rings. The van der Waals surface area contributed by atoms with Crippen LogP contribution in [0, 0.1) is 0 Å². The first-order chi connectivity index (χ1) is 8.54. The second-order valence-electron chi connectivity index (χ2n) is 4.00.